The van der Waals surface area contributed by atoms with Crippen molar-refractivity contribution in [3.8, 4) is 34.5 Å². The van der Waals surface area contributed by atoms with Crippen LogP contribution in [-0.4, -0.2) is 130 Å². The number of hydrogen-bond donors (Lipinski definition) is 9. The maximum absolute atomic E-state index is 13.1. The summed E-state index contributed by atoms with van der Waals surface area (Å²) in [7, 11) is 0. The molecule has 1 heterocycles. The molecule has 1 saturated heterocycles. The van der Waals surface area contributed by atoms with Gasteiger partial charge in [-0.1, -0.05) is 18.2 Å². The number of phenolic OH excluding ortho intramolecular Hbond substituents is 6. The minimum absolute atomic E-state index is 0. The maximum atomic E-state index is 13.1. The molecule has 0 saturated carbocycles. The number of esters is 3. The van der Waals surface area contributed by atoms with Crippen molar-refractivity contribution in [1.82, 2.24) is 16.0 Å². The van der Waals surface area contributed by atoms with Gasteiger partial charge in [0.25, 0.3) is 17.7 Å². The number of nitrogens with one attached hydrogen (secondary N) is 3. The fourth-order valence-corrected chi connectivity index (χ4v) is 4.16. The Hall–Kier alpha value is -5.85. The van der Waals surface area contributed by atoms with Crippen LogP contribution in [0.5, 0.6) is 34.5 Å². The molecule has 18 nitrogen and oxygen atoms in total. The molecule has 3 amide bonds. The van der Waals surface area contributed by atoms with Gasteiger partial charge in [0.05, 0.1) is 16.7 Å². The zero-order valence-electron chi connectivity index (χ0n) is 24.4. The van der Waals surface area contributed by atoms with E-state index in [1.54, 1.807) is 0 Å². The van der Waals surface area contributed by atoms with Crippen LogP contribution in [0.25, 0.3) is 0 Å². The van der Waals surface area contributed by atoms with Crippen LogP contribution in [0.2, 0.25) is 0 Å². The molecule has 0 aliphatic carbocycles. The van der Waals surface area contributed by atoms with Gasteiger partial charge in [0.2, 0.25) is 0 Å². The second-order valence-corrected chi connectivity index (χ2v) is 9.99. The predicted molar refractivity (Wildman–Crippen MR) is 166 cm³/mol. The molecule has 1 fully saturated rings. The van der Waals surface area contributed by atoms with Crippen molar-refractivity contribution in [1.29, 1.82) is 0 Å². The number of para-hydroxylation sites is 3. The standard InChI is InChI=1S/C30H27N3O15.In.3H/c34-19-7-1-4-13(22(19)37)25(40)31-16-10-46-29(44)18(33-27(42)15-6-3-9-21(36)24(15)39)12-48-30(45)17(11-47-28(16)43)32-26(41)14-5-2-8-20(35)23(14)38;;;;/h1-9,16-18,34-39H,10-12H2,(H,31,40)(H,32,41)(H,33,42);;;;/t16-,17-,18-;;;;/m0..../s1. The molecule has 3 aromatic carbocycles. The van der Waals surface area contributed by atoms with Crippen molar-refractivity contribution in [3.63, 3.8) is 0 Å². The van der Waals surface area contributed by atoms with Crippen LogP contribution >= 0.6 is 0 Å². The van der Waals surface area contributed by atoms with Crippen LogP contribution in [0, 0.1) is 0 Å². The van der Waals surface area contributed by atoms with Crippen molar-refractivity contribution < 1.29 is 73.6 Å². The SMILES string of the molecule is O=C(N[C@H]1COC(=O)[C@@H](NC(=O)c2cccc(O)c2O)COC(=O)[C@@H](NC(=O)c2cccc(O)c2O)COC1=O)c1cccc(O)c1O.[InH3]. The third-order valence-corrected chi connectivity index (χ3v) is 6.72. The Balaban J connectivity index is 0.00000650. The second kappa shape index (κ2) is 16.3. The molecule has 3 aromatic rings. The molecule has 1 aliphatic rings. The van der Waals surface area contributed by atoms with Crippen LogP contribution in [0.4, 0.5) is 0 Å². The first kappa shape index (κ1) is 37.6. The van der Waals surface area contributed by atoms with E-state index in [2.05, 4.69) is 16.0 Å². The van der Waals surface area contributed by atoms with Crippen LogP contribution in [0.1, 0.15) is 31.1 Å². The van der Waals surface area contributed by atoms with Gasteiger partial charge in [0.1, 0.15) is 19.8 Å². The van der Waals surface area contributed by atoms with Crippen molar-refractivity contribution in [2.45, 2.75) is 18.1 Å². The molecule has 0 aromatic heterocycles. The topological polar surface area (TPSA) is 288 Å². The van der Waals surface area contributed by atoms with E-state index in [0.717, 1.165) is 36.4 Å². The summed E-state index contributed by atoms with van der Waals surface area (Å²) in [5, 5.41) is 65.9. The number of hydrogen-bond acceptors (Lipinski definition) is 15. The number of amides is 3. The average Bonchev–Trinajstić information content (AvgIpc) is 3.05. The molecule has 0 spiro atoms. The summed E-state index contributed by atoms with van der Waals surface area (Å²) in [6.07, 6.45) is 0. The number of aromatic hydroxyl groups is 6. The minimum atomic E-state index is -1.84. The molecule has 0 unspecified atom stereocenters. The predicted octanol–water partition coefficient (Wildman–Crippen LogP) is -1.92. The number of carbonyl (C=O) groups excluding carboxylic acids is 6. The molecule has 19 heteroatoms. The quantitative estimate of drug-likeness (QED) is 0.0748. The summed E-state index contributed by atoms with van der Waals surface area (Å²) >= 11 is 0. The number of rotatable bonds is 6. The molecular weight excluding hydrogens is 757 g/mol. The molecule has 0 bridgehead atoms. The zero-order chi connectivity index (χ0) is 35.1. The Morgan fingerprint density at radius 2 is 0.735 bits per heavy atom. The zero-order valence-corrected chi connectivity index (χ0v) is 24.4. The molecular formula is C30H30InN3O15. The van der Waals surface area contributed by atoms with E-state index >= 15 is 0 Å². The van der Waals surface area contributed by atoms with Crippen molar-refractivity contribution >= 4 is 61.5 Å². The molecule has 9 N–H and O–H groups in total. The van der Waals surface area contributed by atoms with Crippen LogP contribution in [0.3, 0.4) is 0 Å². The first-order chi connectivity index (χ1) is 22.8. The fraction of sp³-hybridized carbons (Fsp3) is 0.200. The summed E-state index contributed by atoms with van der Waals surface area (Å²) in [4.78, 5) is 77.9. The number of carbonyl (C=O) groups is 6. The van der Waals surface area contributed by atoms with Gasteiger partial charge in [-0.2, -0.15) is 0 Å². The second-order valence-electron chi connectivity index (χ2n) is 9.99. The van der Waals surface area contributed by atoms with Gasteiger partial charge in [-0.3, -0.25) is 14.4 Å². The molecule has 49 heavy (non-hydrogen) atoms. The van der Waals surface area contributed by atoms with Crippen molar-refractivity contribution in [2.75, 3.05) is 19.8 Å². The molecule has 3 atom stereocenters. The molecule has 4 rings (SSSR count). The van der Waals surface area contributed by atoms with Gasteiger partial charge >= 0.3 is 43.8 Å². The Kier molecular flexibility index (Phi) is 12.5. The van der Waals surface area contributed by atoms with Crippen LogP contribution in [-0.2, 0) is 28.6 Å². The van der Waals surface area contributed by atoms with Gasteiger partial charge in [-0.15, -0.1) is 0 Å². The Labute approximate surface area is 294 Å². The van der Waals surface area contributed by atoms with E-state index < -0.39 is 125 Å². The Morgan fingerprint density at radius 1 is 0.490 bits per heavy atom. The normalized spacial score (nSPS) is 18.1. The number of cyclic esters (lactones) is 3. The van der Waals surface area contributed by atoms with Crippen molar-refractivity contribution in [3.05, 3.63) is 71.3 Å². The van der Waals surface area contributed by atoms with Gasteiger partial charge in [0, 0.05) is 0 Å². The summed E-state index contributed by atoms with van der Waals surface area (Å²) in [5.41, 5.74) is -1.47. The summed E-state index contributed by atoms with van der Waals surface area (Å²) in [6.45, 7) is -2.85. The molecule has 258 valence electrons. The summed E-state index contributed by atoms with van der Waals surface area (Å²) in [6, 6.07) is 4.64. The van der Waals surface area contributed by atoms with E-state index in [4.69, 9.17) is 14.2 Å². The first-order valence-electron chi connectivity index (χ1n) is 13.7. The number of phenols is 6. The van der Waals surface area contributed by atoms with Crippen LogP contribution < -0.4 is 16.0 Å². The molecule has 0 radical (unpaired) electrons. The fourth-order valence-electron chi connectivity index (χ4n) is 4.16. The summed E-state index contributed by atoms with van der Waals surface area (Å²) < 4.78 is 15.3. The Morgan fingerprint density at radius 3 is 0.980 bits per heavy atom. The number of ether oxygens (including phenoxy) is 3. The first-order valence-corrected chi connectivity index (χ1v) is 13.7. The van der Waals surface area contributed by atoms with Gasteiger partial charge in [-0.25, -0.2) is 14.4 Å². The van der Waals surface area contributed by atoms with Gasteiger partial charge < -0.3 is 60.8 Å². The van der Waals surface area contributed by atoms with E-state index in [9.17, 15) is 59.4 Å². The Bertz CT molecular complexity index is 1580. The summed E-state index contributed by atoms with van der Waals surface area (Å²) in [5.74, 6) is -11.9. The van der Waals surface area contributed by atoms with Gasteiger partial charge in [0.15, 0.2) is 52.6 Å². The van der Waals surface area contributed by atoms with E-state index in [-0.39, 0.29) is 25.8 Å². The van der Waals surface area contributed by atoms with E-state index in [1.165, 1.54) is 18.2 Å². The van der Waals surface area contributed by atoms with E-state index in [0.29, 0.717) is 0 Å². The molecule has 1 aliphatic heterocycles. The van der Waals surface area contributed by atoms with E-state index in [1.807, 2.05) is 0 Å². The van der Waals surface area contributed by atoms with Gasteiger partial charge in [-0.05, 0) is 36.4 Å². The third kappa shape index (κ3) is 8.95. The average molecular weight is 787 g/mol. The monoisotopic (exact) mass is 787 g/mol. The van der Waals surface area contributed by atoms with Crippen LogP contribution in [0.15, 0.2) is 54.6 Å². The third-order valence-electron chi connectivity index (χ3n) is 6.72. The number of benzene rings is 3. The van der Waals surface area contributed by atoms with Crippen molar-refractivity contribution in [2.24, 2.45) is 0 Å².